The molecule has 0 N–H and O–H groups in total. The lowest BCUT2D eigenvalue weighted by atomic mass is 9.90. The molecule has 0 aliphatic carbocycles. The normalized spacial score (nSPS) is 14.3. The number of hydrogen-bond donors (Lipinski definition) is 0. The fraction of sp³-hybridized carbons (Fsp3) is 0.895. The molecule has 120 valence electrons. The molecule has 0 amide bonds. The van der Waals surface area contributed by atoms with Gasteiger partial charge in [-0.05, 0) is 38.1 Å². The highest BCUT2D eigenvalue weighted by Gasteiger charge is 2.10. The highest BCUT2D eigenvalue weighted by atomic mass is 15.1. The van der Waals surface area contributed by atoms with Crippen LogP contribution in [0.3, 0.4) is 0 Å². The molecular weight excluding hydrogens is 242 g/mol. The fourth-order valence-electron chi connectivity index (χ4n) is 2.51. The Morgan fingerprint density at radius 2 is 1.70 bits per heavy atom. The number of hydrogen-bond acceptors (Lipinski definition) is 1. The lowest BCUT2D eigenvalue weighted by Crippen LogP contribution is -2.33. The molecule has 0 aromatic heterocycles. The summed E-state index contributed by atoms with van der Waals surface area (Å²) in [5.74, 6) is 0. The van der Waals surface area contributed by atoms with E-state index in [0.29, 0.717) is 5.41 Å². The van der Waals surface area contributed by atoms with Gasteiger partial charge in [-0.15, -0.1) is 0 Å². The molecule has 0 fully saturated rings. The van der Waals surface area contributed by atoms with Crippen LogP contribution < -0.4 is 0 Å². The zero-order valence-corrected chi connectivity index (χ0v) is 15.0. The molecule has 0 saturated carbocycles. The first-order chi connectivity index (χ1) is 9.40. The van der Waals surface area contributed by atoms with Crippen LogP contribution in [-0.4, -0.2) is 24.0 Å². The molecular formula is C19H39N. The number of rotatable bonds is 11. The Kier molecular flexibility index (Phi) is 11.2. The van der Waals surface area contributed by atoms with Gasteiger partial charge in [0.2, 0.25) is 0 Å². The number of allylic oxidation sites excluding steroid dienone is 1. The fourth-order valence-corrected chi connectivity index (χ4v) is 2.51. The molecule has 0 heterocycles. The molecule has 0 saturated heterocycles. The molecule has 0 rings (SSSR count). The Hall–Kier alpha value is -0.300. The third-order valence-corrected chi connectivity index (χ3v) is 4.07. The average molecular weight is 282 g/mol. The summed E-state index contributed by atoms with van der Waals surface area (Å²) in [5.41, 5.74) is 0.460. The van der Waals surface area contributed by atoms with Gasteiger partial charge in [0.25, 0.3) is 0 Å². The van der Waals surface area contributed by atoms with E-state index in [9.17, 15) is 0 Å². The predicted molar refractivity (Wildman–Crippen MR) is 93.3 cm³/mol. The van der Waals surface area contributed by atoms with Crippen LogP contribution in [0, 0.1) is 5.41 Å². The Morgan fingerprint density at radius 3 is 2.25 bits per heavy atom. The molecule has 0 spiro atoms. The first kappa shape index (κ1) is 19.7. The lowest BCUT2D eigenvalue weighted by Gasteiger charge is -2.26. The topological polar surface area (TPSA) is 3.24 Å². The molecule has 0 aliphatic heterocycles. The Morgan fingerprint density at radius 1 is 1.00 bits per heavy atom. The molecule has 0 aromatic rings. The van der Waals surface area contributed by atoms with Crippen molar-refractivity contribution < 1.29 is 0 Å². The first-order valence-electron chi connectivity index (χ1n) is 8.79. The second-order valence-electron chi connectivity index (χ2n) is 7.36. The minimum atomic E-state index is 0.460. The average Bonchev–Trinajstić information content (AvgIpc) is 2.37. The third-order valence-electron chi connectivity index (χ3n) is 4.07. The van der Waals surface area contributed by atoms with Gasteiger partial charge in [-0.2, -0.15) is 0 Å². The van der Waals surface area contributed by atoms with Crippen molar-refractivity contribution in [2.45, 2.75) is 92.5 Å². The van der Waals surface area contributed by atoms with Gasteiger partial charge in [-0.1, -0.05) is 72.5 Å². The first-order valence-corrected chi connectivity index (χ1v) is 8.79. The van der Waals surface area contributed by atoms with Crippen molar-refractivity contribution in [3.05, 3.63) is 12.2 Å². The van der Waals surface area contributed by atoms with Crippen molar-refractivity contribution in [1.29, 1.82) is 0 Å². The van der Waals surface area contributed by atoms with E-state index >= 15 is 0 Å². The smallest absolute Gasteiger partial charge is 0.0165 e. The van der Waals surface area contributed by atoms with Gasteiger partial charge in [-0.3, -0.25) is 4.90 Å². The van der Waals surface area contributed by atoms with E-state index in [0.717, 1.165) is 12.6 Å². The summed E-state index contributed by atoms with van der Waals surface area (Å²) in [5, 5.41) is 0. The van der Waals surface area contributed by atoms with Crippen molar-refractivity contribution in [3.8, 4) is 0 Å². The highest BCUT2D eigenvalue weighted by Crippen LogP contribution is 2.20. The van der Waals surface area contributed by atoms with Crippen LogP contribution in [0.5, 0.6) is 0 Å². The molecule has 0 aliphatic rings. The predicted octanol–water partition coefficient (Wildman–Crippen LogP) is 6.05. The summed E-state index contributed by atoms with van der Waals surface area (Å²) < 4.78 is 0. The quantitative estimate of drug-likeness (QED) is 0.329. The van der Waals surface area contributed by atoms with Crippen LogP contribution in [0.15, 0.2) is 12.2 Å². The molecule has 0 radical (unpaired) electrons. The van der Waals surface area contributed by atoms with Crippen molar-refractivity contribution in [3.63, 3.8) is 0 Å². The van der Waals surface area contributed by atoms with Gasteiger partial charge in [-0.25, -0.2) is 0 Å². The zero-order valence-electron chi connectivity index (χ0n) is 15.0. The van der Waals surface area contributed by atoms with Gasteiger partial charge in [0.05, 0.1) is 0 Å². The van der Waals surface area contributed by atoms with Crippen LogP contribution >= 0.6 is 0 Å². The minimum absolute atomic E-state index is 0.460. The summed E-state index contributed by atoms with van der Waals surface area (Å²) in [7, 11) is 0. The number of nitrogens with zero attached hydrogens (tertiary/aromatic N) is 1. The molecule has 1 nitrogen and oxygen atoms in total. The molecule has 1 unspecified atom stereocenters. The van der Waals surface area contributed by atoms with Gasteiger partial charge >= 0.3 is 0 Å². The summed E-state index contributed by atoms with van der Waals surface area (Å²) in [6.07, 6.45) is 14.1. The van der Waals surface area contributed by atoms with Crippen LogP contribution in [0.4, 0.5) is 0 Å². The minimum Gasteiger partial charge on any atom is -0.297 e. The van der Waals surface area contributed by atoms with E-state index in [1.54, 1.807) is 0 Å². The van der Waals surface area contributed by atoms with Crippen LogP contribution in [0.2, 0.25) is 0 Å². The van der Waals surface area contributed by atoms with Crippen LogP contribution in [0.1, 0.15) is 86.5 Å². The van der Waals surface area contributed by atoms with Crippen LogP contribution in [0.25, 0.3) is 0 Å². The Labute approximate surface area is 128 Å². The largest absolute Gasteiger partial charge is 0.297 e. The van der Waals surface area contributed by atoms with Crippen molar-refractivity contribution in [2.75, 3.05) is 13.1 Å². The SMILES string of the molecule is CCCCCCC(C)N(CC)CC=CCCC(C)(C)C. The standard InChI is InChI=1S/C19H39N/c1-7-9-10-12-15-18(3)20(8-2)17-14-11-13-16-19(4,5)6/h11,14,18H,7-10,12-13,15-17H2,1-6H3. The number of unbranched alkanes of at least 4 members (excludes halogenated alkanes) is 3. The van der Waals surface area contributed by atoms with Crippen molar-refractivity contribution in [2.24, 2.45) is 5.41 Å². The van der Waals surface area contributed by atoms with E-state index in [1.807, 2.05) is 0 Å². The maximum Gasteiger partial charge on any atom is 0.0165 e. The van der Waals surface area contributed by atoms with E-state index in [2.05, 4.69) is 58.6 Å². The van der Waals surface area contributed by atoms with Crippen LogP contribution in [-0.2, 0) is 0 Å². The van der Waals surface area contributed by atoms with E-state index in [1.165, 1.54) is 51.5 Å². The lowest BCUT2D eigenvalue weighted by molar-refractivity contribution is 0.228. The Balaban J connectivity index is 3.86. The van der Waals surface area contributed by atoms with Gasteiger partial charge < -0.3 is 0 Å². The molecule has 0 bridgehead atoms. The second kappa shape index (κ2) is 11.4. The van der Waals surface area contributed by atoms with E-state index in [4.69, 9.17) is 0 Å². The molecule has 0 aromatic carbocycles. The van der Waals surface area contributed by atoms with E-state index < -0.39 is 0 Å². The molecule has 1 heteroatoms. The summed E-state index contributed by atoms with van der Waals surface area (Å²) in [6, 6.07) is 0.726. The van der Waals surface area contributed by atoms with Gasteiger partial charge in [0.15, 0.2) is 0 Å². The van der Waals surface area contributed by atoms with Gasteiger partial charge in [0, 0.05) is 12.6 Å². The maximum absolute atomic E-state index is 2.60. The van der Waals surface area contributed by atoms with E-state index in [-0.39, 0.29) is 0 Å². The summed E-state index contributed by atoms with van der Waals surface area (Å²) in [6.45, 7) is 16.2. The maximum atomic E-state index is 2.60. The summed E-state index contributed by atoms with van der Waals surface area (Å²) in [4.78, 5) is 2.60. The molecule has 1 atom stereocenters. The third kappa shape index (κ3) is 11.5. The van der Waals surface area contributed by atoms with Crippen molar-refractivity contribution in [1.82, 2.24) is 4.90 Å². The Bertz CT molecular complexity index is 237. The molecule has 20 heavy (non-hydrogen) atoms. The van der Waals surface area contributed by atoms with Gasteiger partial charge in [0.1, 0.15) is 0 Å². The summed E-state index contributed by atoms with van der Waals surface area (Å²) >= 11 is 0. The monoisotopic (exact) mass is 281 g/mol. The zero-order chi connectivity index (χ0) is 15.4. The van der Waals surface area contributed by atoms with Crippen molar-refractivity contribution >= 4 is 0 Å². The second-order valence-corrected chi connectivity index (χ2v) is 7.36. The number of likely N-dealkylation sites (N-methyl/N-ethyl adjacent to an activating group) is 1. The highest BCUT2D eigenvalue weighted by molar-refractivity contribution is 4.87.